The predicted octanol–water partition coefficient (Wildman–Crippen LogP) is 1.77. The molecule has 0 fully saturated rings. The van der Waals surface area contributed by atoms with Crippen LogP contribution in [0.3, 0.4) is 0 Å². The summed E-state index contributed by atoms with van der Waals surface area (Å²) in [4.78, 5) is 8.02. The largest absolute Gasteiger partial charge is 0.497 e. The molecule has 0 aliphatic carbocycles. The van der Waals surface area contributed by atoms with Gasteiger partial charge in [0.1, 0.15) is 12.1 Å². The Morgan fingerprint density at radius 3 is 2.94 bits per heavy atom. The van der Waals surface area contributed by atoms with Crippen LogP contribution in [0.2, 0.25) is 0 Å². The molecule has 0 atom stereocenters. The summed E-state index contributed by atoms with van der Waals surface area (Å²) in [6.07, 6.45) is 3.30. The highest BCUT2D eigenvalue weighted by Crippen LogP contribution is 2.12. The van der Waals surface area contributed by atoms with E-state index in [2.05, 4.69) is 21.4 Å². The fourth-order valence-corrected chi connectivity index (χ4v) is 1.54. The number of hydrogen-bond donors (Lipinski definition) is 1. The van der Waals surface area contributed by atoms with Gasteiger partial charge in [0.05, 0.1) is 12.8 Å². The molecule has 0 amide bonds. The minimum absolute atomic E-state index is 0.736. The van der Waals surface area contributed by atoms with E-state index in [9.17, 15) is 0 Å². The Balaban J connectivity index is 1.86. The van der Waals surface area contributed by atoms with Crippen LogP contribution < -0.4 is 10.1 Å². The van der Waals surface area contributed by atoms with Crippen molar-refractivity contribution in [3.8, 4) is 5.75 Å². The van der Waals surface area contributed by atoms with Crippen LogP contribution in [0.1, 0.15) is 11.3 Å². The van der Waals surface area contributed by atoms with Crippen molar-refractivity contribution in [3.05, 3.63) is 54.1 Å². The highest BCUT2D eigenvalue weighted by atomic mass is 16.5. The van der Waals surface area contributed by atoms with Gasteiger partial charge >= 0.3 is 0 Å². The molecule has 0 spiro atoms. The molecule has 2 rings (SSSR count). The van der Waals surface area contributed by atoms with Crippen molar-refractivity contribution in [2.45, 2.75) is 13.1 Å². The van der Waals surface area contributed by atoms with Crippen LogP contribution in [0.5, 0.6) is 5.75 Å². The first kappa shape index (κ1) is 11.5. The Labute approximate surface area is 101 Å². The summed E-state index contributed by atoms with van der Waals surface area (Å²) in [5, 5.41) is 3.32. The molecule has 4 nitrogen and oxygen atoms in total. The predicted molar refractivity (Wildman–Crippen MR) is 65.6 cm³/mol. The number of nitrogens with zero attached hydrogens (tertiary/aromatic N) is 2. The maximum absolute atomic E-state index is 5.17. The quantitative estimate of drug-likeness (QED) is 0.849. The molecule has 1 aromatic heterocycles. The average molecular weight is 229 g/mol. The van der Waals surface area contributed by atoms with Gasteiger partial charge in [0, 0.05) is 19.3 Å². The van der Waals surface area contributed by atoms with Gasteiger partial charge in [0.2, 0.25) is 0 Å². The molecule has 0 saturated carbocycles. The van der Waals surface area contributed by atoms with Crippen LogP contribution >= 0.6 is 0 Å². The molecule has 0 radical (unpaired) electrons. The molecular formula is C13H15N3O. The van der Waals surface area contributed by atoms with E-state index in [1.807, 2.05) is 24.3 Å². The third-order valence-electron chi connectivity index (χ3n) is 2.41. The second-order valence-electron chi connectivity index (χ2n) is 3.66. The van der Waals surface area contributed by atoms with E-state index in [-0.39, 0.29) is 0 Å². The molecule has 17 heavy (non-hydrogen) atoms. The van der Waals surface area contributed by atoms with E-state index in [1.165, 1.54) is 5.56 Å². The van der Waals surface area contributed by atoms with Gasteiger partial charge in [0.15, 0.2) is 0 Å². The van der Waals surface area contributed by atoms with Gasteiger partial charge in [-0.2, -0.15) is 0 Å². The lowest BCUT2D eigenvalue weighted by Gasteiger charge is -2.06. The number of rotatable bonds is 5. The van der Waals surface area contributed by atoms with Crippen molar-refractivity contribution in [1.29, 1.82) is 0 Å². The maximum atomic E-state index is 5.17. The third-order valence-corrected chi connectivity index (χ3v) is 2.41. The van der Waals surface area contributed by atoms with Crippen molar-refractivity contribution >= 4 is 0 Å². The molecule has 4 heteroatoms. The summed E-state index contributed by atoms with van der Waals surface area (Å²) in [6, 6.07) is 9.91. The third kappa shape index (κ3) is 3.53. The van der Waals surface area contributed by atoms with E-state index in [1.54, 1.807) is 19.6 Å². The van der Waals surface area contributed by atoms with Crippen LogP contribution in [-0.2, 0) is 13.1 Å². The van der Waals surface area contributed by atoms with Gasteiger partial charge in [-0.15, -0.1) is 0 Å². The summed E-state index contributed by atoms with van der Waals surface area (Å²) < 4.78 is 5.17. The van der Waals surface area contributed by atoms with E-state index < -0.39 is 0 Å². The SMILES string of the molecule is COc1cccc(CNCc2ccncn2)c1. The lowest BCUT2D eigenvalue weighted by Crippen LogP contribution is -2.13. The summed E-state index contributed by atoms with van der Waals surface area (Å²) >= 11 is 0. The highest BCUT2D eigenvalue weighted by molar-refractivity contribution is 5.28. The molecule has 0 aliphatic heterocycles. The van der Waals surface area contributed by atoms with Crippen molar-refractivity contribution in [1.82, 2.24) is 15.3 Å². The molecule has 1 heterocycles. The van der Waals surface area contributed by atoms with Crippen molar-refractivity contribution < 1.29 is 4.74 Å². The maximum Gasteiger partial charge on any atom is 0.119 e. The first-order chi connectivity index (χ1) is 8.38. The molecule has 0 bridgehead atoms. The number of nitrogens with one attached hydrogen (secondary N) is 1. The van der Waals surface area contributed by atoms with Gasteiger partial charge in [-0.05, 0) is 23.8 Å². The Morgan fingerprint density at radius 1 is 1.24 bits per heavy atom. The van der Waals surface area contributed by atoms with Gasteiger partial charge in [-0.3, -0.25) is 0 Å². The fraction of sp³-hybridized carbons (Fsp3) is 0.231. The molecule has 1 aromatic carbocycles. The van der Waals surface area contributed by atoms with Gasteiger partial charge in [0.25, 0.3) is 0 Å². The van der Waals surface area contributed by atoms with Crippen LogP contribution in [0, 0.1) is 0 Å². The molecule has 88 valence electrons. The summed E-state index contributed by atoms with van der Waals surface area (Å²) in [7, 11) is 1.67. The molecule has 0 saturated heterocycles. The smallest absolute Gasteiger partial charge is 0.119 e. The zero-order valence-electron chi connectivity index (χ0n) is 9.76. The Morgan fingerprint density at radius 2 is 2.18 bits per heavy atom. The van der Waals surface area contributed by atoms with Gasteiger partial charge in [-0.1, -0.05) is 12.1 Å². The molecule has 2 aromatic rings. The lowest BCUT2D eigenvalue weighted by molar-refractivity contribution is 0.414. The Kier molecular flexibility index (Phi) is 4.05. The van der Waals surface area contributed by atoms with E-state index in [0.717, 1.165) is 24.5 Å². The monoisotopic (exact) mass is 229 g/mol. The van der Waals surface area contributed by atoms with E-state index in [4.69, 9.17) is 4.74 Å². The van der Waals surface area contributed by atoms with Crippen LogP contribution in [-0.4, -0.2) is 17.1 Å². The van der Waals surface area contributed by atoms with E-state index >= 15 is 0 Å². The van der Waals surface area contributed by atoms with Crippen LogP contribution in [0.25, 0.3) is 0 Å². The number of methoxy groups -OCH3 is 1. The van der Waals surface area contributed by atoms with Crippen molar-refractivity contribution in [2.24, 2.45) is 0 Å². The lowest BCUT2D eigenvalue weighted by atomic mass is 10.2. The Bertz CT molecular complexity index is 459. The summed E-state index contributed by atoms with van der Waals surface area (Å²) in [5.74, 6) is 0.881. The minimum atomic E-state index is 0.736. The van der Waals surface area contributed by atoms with Crippen LogP contribution in [0.4, 0.5) is 0 Å². The standard InChI is InChI=1S/C13H15N3O/c1-17-13-4-2-3-11(7-13)8-15-9-12-5-6-14-10-16-12/h2-7,10,15H,8-9H2,1H3. The molecule has 0 aliphatic rings. The number of hydrogen-bond acceptors (Lipinski definition) is 4. The zero-order valence-corrected chi connectivity index (χ0v) is 9.76. The van der Waals surface area contributed by atoms with Gasteiger partial charge < -0.3 is 10.1 Å². The Hall–Kier alpha value is -1.94. The number of benzene rings is 1. The average Bonchev–Trinajstić information content (AvgIpc) is 2.40. The first-order valence-electron chi connectivity index (χ1n) is 5.47. The minimum Gasteiger partial charge on any atom is -0.497 e. The fourth-order valence-electron chi connectivity index (χ4n) is 1.54. The molecule has 1 N–H and O–H groups in total. The normalized spacial score (nSPS) is 10.2. The molecular weight excluding hydrogens is 214 g/mol. The second kappa shape index (κ2) is 5.96. The summed E-state index contributed by atoms with van der Waals surface area (Å²) in [6.45, 7) is 1.53. The van der Waals surface area contributed by atoms with Crippen LogP contribution in [0.15, 0.2) is 42.9 Å². The second-order valence-corrected chi connectivity index (χ2v) is 3.66. The van der Waals surface area contributed by atoms with Crippen molar-refractivity contribution in [2.75, 3.05) is 7.11 Å². The first-order valence-corrected chi connectivity index (χ1v) is 5.47. The zero-order chi connectivity index (χ0) is 11.9. The van der Waals surface area contributed by atoms with Gasteiger partial charge in [-0.25, -0.2) is 9.97 Å². The highest BCUT2D eigenvalue weighted by Gasteiger charge is 1.96. The topological polar surface area (TPSA) is 47.0 Å². The van der Waals surface area contributed by atoms with Crippen molar-refractivity contribution in [3.63, 3.8) is 0 Å². The number of aromatic nitrogens is 2. The number of ether oxygens (including phenoxy) is 1. The molecule has 0 unspecified atom stereocenters. The summed E-state index contributed by atoms with van der Waals surface area (Å²) in [5.41, 5.74) is 2.18. The van der Waals surface area contributed by atoms with E-state index in [0.29, 0.717) is 0 Å².